The van der Waals surface area contributed by atoms with Gasteiger partial charge in [-0.05, 0) is 6.92 Å². The zero-order chi connectivity index (χ0) is 12.9. The van der Waals surface area contributed by atoms with Crippen LogP contribution in [0.3, 0.4) is 0 Å². The van der Waals surface area contributed by atoms with Gasteiger partial charge >= 0.3 is 0 Å². The molecule has 3 atom stereocenters. The maximum Gasteiger partial charge on any atom is 0.167 e. The van der Waals surface area contributed by atoms with Gasteiger partial charge in [-0.15, -0.1) is 11.6 Å². The van der Waals surface area contributed by atoms with Crippen LogP contribution in [0.1, 0.15) is 13.2 Å². The molecule has 18 heavy (non-hydrogen) atoms. The van der Waals surface area contributed by atoms with Crippen molar-refractivity contribution < 1.29 is 9.84 Å². The average molecular weight is 270 g/mol. The van der Waals surface area contributed by atoms with E-state index < -0.39 is 17.2 Å². The Morgan fingerprint density at radius 2 is 2.33 bits per heavy atom. The third-order valence-corrected chi connectivity index (χ3v) is 3.62. The monoisotopic (exact) mass is 269 g/mol. The summed E-state index contributed by atoms with van der Waals surface area (Å²) >= 11 is 6.32. The standard InChI is InChI=1S/C10H12ClN5O2/c1-10(11)5(17)2-18-9(10)16-4-15-6-7(12)13-3-14-8(6)16/h3-5,9,17H,2H2,1H3,(H2,12,13,14)/t5-,9-,10-/m1/s1. The second kappa shape index (κ2) is 3.78. The molecule has 0 bridgehead atoms. The molecule has 0 amide bonds. The Morgan fingerprint density at radius 3 is 3.00 bits per heavy atom. The molecule has 3 rings (SSSR count). The van der Waals surface area contributed by atoms with Crippen molar-refractivity contribution in [2.45, 2.75) is 24.1 Å². The lowest BCUT2D eigenvalue weighted by molar-refractivity contribution is 0.0432. The van der Waals surface area contributed by atoms with Gasteiger partial charge in [-0.2, -0.15) is 0 Å². The van der Waals surface area contributed by atoms with Crippen LogP contribution in [0.4, 0.5) is 5.82 Å². The molecule has 8 heteroatoms. The fourth-order valence-corrected chi connectivity index (χ4v) is 2.30. The van der Waals surface area contributed by atoms with Crippen LogP contribution < -0.4 is 5.73 Å². The van der Waals surface area contributed by atoms with Crippen molar-refractivity contribution in [3.8, 4) is 0 Å². The van der Waals surface area contributed by atoms with Crippen molar-refractivity contribution >= 4 is 28.6 Å². The maximum absolute atomic E-state index is 9.80. The van der Waals surface area contributed by atoms with Crippen molar-refractivity contribution in [2.24, 2.45) is 0 Å². The Bertz CT molecular complexity index is 599. The number of hydrogen-bond acceptors (Lipinski definition) is 6. The smallest absolute Gasteiger partial charge is 0.167 e. The summed E-state index contributed by atoms with van der Waals surface area (Å²) in [4.78, 5) is 11.2. The molecule has 3 N–H and O–H groups in total. The van der Waals surface area contributed by atoms with Crippen LogP contribution in [0.2, 0.25) is 0 Å². The Balaban J connectivity index is 2.13. The van der Waals surface area contributed by atoms with Gasteiger partial charge in [0, 0.05) is 0 Å². The van der Waals surface area contributed by atoms with E-state index in [1.165, 1.54) is 6.33 Å². The van der Waals surface area contributed by atoms with Crippen LogP contribution >= 0.6 is 11.6 Å². The summed E-state index contributed by atoms with van der Waals surface area (Å²) in [6.07, 6.45) is 1.60. The highest BCUT2D eigenvalue weighted by atomic mass is 35.5. The first kappa shape index (κ1) is 11.6. The molecule has 0 aromatic carbocycles. The second-order valence-electron chi connectivity index (χ2n) is 4.44. The molecule has 1 fully saturated rings. The first-order valence-electron chi connectivity index (χ1n) is 5.43. The molecule has 7 nitrogen and oxygen atoms in total. The molecule has 2 aromatic heterocycles. The topological polar surface area (TPSA) is 99.1 Å². The number of rotatable bonds is 1. The van der Waals surface area contributed by atoms with E-state index in [0.717, 1.165) is 0 Å². The minimum Gasteiger partial charge on any atom is -0.389 e. The number of nitrogens with zero attached hydrogens (tertiary/aromatic N) is 4. The van der Waals surface area contributed by atoms with Gasteiger partial charge in [0.15, 0.2) is 17.7 Å². The lowest BCUT2D eigenvalue weighted by Gasteiger charge is -2.26. The number of imidazole rings is 1. The Hall–Kier alpha value is -1.44. The number of ether oxygens (including phenoxy) is 1. The summed E-state index contributed by atoms with van der Waals surface area (Å²) < 4.78 is 7.18. The number of aromatic nitrogens is 4. The summed E-state index contributed by atoms with van der Waals surface area (Å²) in [6.45, 7) is 1.89. The molecular weight excluding hydrogens is 258 g/mol. The first-order chi connectivity index (χ1) is 8.51. The lowest BCUT2D eigenvalue weighted by Crippen LogP contribution is -2.36. The summed E-state index contributed by atoms with van der Waals surface area (Å²) in [7, 11) is 0. The summed E-state index contributed by atoms with van der Waals surface area (Å²) in [6, 6.07) is 0. The Kier molecular flexibility index (Phi) is 2.44. The van der Waals surface area contributed by atoms with E-state index in [1.807, 2.05) is 0 Å². The molecule has 0 aliphatic carbocycles. The van der Waals surface area contributed by atoms with Gasteiger partial charge < -0.3 is 15.6 Å². The van der Waals surface area contributed by atoms with E-state index in [4.69, 9.17) is 22.1 Å². The number of anilines is 1. The van der Waals surface area contributed by atoms with Gasteiger partial charge in [-0.1, -0.05) is 0 Å². The Labute approximate surface area is 108 Å². The van der Waals surface area contributed by atoms with Crippen molar-refractivity contribution in [2.75, 3.05) is 12.3 Å². The van der Waals surface area contributed by atoms with Crippen LogP contribution in [-0.4, -0.2) is 42.2 Å². The molecule has 1 saturated heterocycles. The van der Waals surface area contributed by atoms with E-state index in [9.17, 15) is 5.11 Å². The van der Waals surface area contributed by atoms with Gasteiger partial charge in [0.05, 0.1) is 12.9 Å². The highest BCUT2D eigenvalue weighted by Gasteiger charge is 2.47. The summed E-state index contributed by atoms with van der Waals surface area (Å²) in [5.74, 6) is 0.300. The molecule has 0 radical (unpaired) electrons. The van der Waals surface area contributed by atoms with E-state index in [0.29, 0.717) is 17.0 Å². The first-order valence-corrected chi connectivity index (χ1v) is 5.81. The summed E-state index contributed by atoms with van der Waals surface area (Å²) in [5, 5.41) is 9.80. The number of aliphatic hydroxyl groups excluding tert-OH is 1. The van der Waals surface area contributed by atoms with Crippen LogP contribution in [0.15, 0.2) is 12.7 Å². The molecule has 0 spiro atoms. The van der Waals surface area contributed by atoms with Gasteiger partial charge in [0.25, 0.3) is 0 Å². The molecule has 1 aliphatic heterocycles. The fraction of sp³-hybridized carbons (Fsp3) is 0.500. The molecule has 1 aliphatic rings. The highest BCUT2D eigenvalue weighted by molar-refractivity contribution is 6.24. The molecule has 3 heterocycles. The quantitative estimate of drug-likeness (QED) is 0.722. The van der Waals surface area contributed by atoms with Crippen molar-refractivity contribution in [3.05, 3.63) is 12.7 Å². The normalized spacial score (nSPS) is 32.2. The maximum atomic E-state index is 9.80. The number of fused-ring (bicyclic) bond motifs is 1. The van der Waals surface area contributed by atoms with E-state index >= 15 is 0 Å². The predicted octanol–water partition coefficient (Wildman–Crippen LogP) is 0.296. The number of aliphatic hydroxyl groups is 1. The summed E-state index contributed by atoms with van der Waals surface area (Å²) in [5.41, 5.74) is 6.74. The van der Waals surface area contributed by atoms with E-state index in [-0.39, 0.29) is 6.61 Å². The van der Waals surface area contributed by atoms with Crippen LogP contribution in [0.25, 0.3) is 11.2 Å². The zero-order valence-electron chi connectivity index (χ0n) is 9.62. The fourth-order valence-electron chi connectivity index (χ4n) is 2.07. The van der Waals surface area contributed by atoms with Gasteiger partial charge in [0.1, 0.15) is 22.8 Å². The van der Waals surface area contributed by atoms with Crippen LogP contribution in [0.5, 0.6) is 0 Å². The molecule has 2 aromatic rings. The SMILES string of the molecule is C[C@@]1(Cl)[C@H](O)CO[C@H]1n1cnc2c(N)ncnc21. The number of hydrogen-bond donors (Lipinski definition) is 2. The van der Waals surface area contributed by atoms with E-state index in [1.54, 1.807) is 17.8 Å². The van der Waals surface area contributed by atoms with Crippen LogP contribution in [0, 0.1) is 0 Å². The second-order valence-corrected chi connectivity index (χ2v) is 5.25. The third kappa shape index (κ3) is 1.48. The predicted molar refractivity (Wildman–Crippen MR) is 65.0 cm³/mol. The Morgan fingerprint density at radius 1 is 1.56 bits per heavy atom. The zero-order valence-corrected chi connectivity index (χ0v) is 10.4. The largest absolute Gasteiger partial charge is 0.389 e. The minimum atomic E-state index is -0.937. The van der Waals surface area contributed by atoms with Gasteiger partial charge in [0.2, 0.25) is 0 Å². The molecular formula is C10H12ClN5O2. The number of halogens is 1. The number of alkyl halides is 1. The van der Waals surface area contributed by atoms with Gasteiger partial charge in [-0.3, -0.25) is 4.57 Å². The average Bonchev–Trinajstić information content (AvgIpc) is 2.84. The molecule has 96 valence electrons. The molecule has 0 unspecified atom stereocenters. The van der Waals surface area contributed by atoms with E-state index in [2.05, 4.69) is 15.0 Å². The van der Waals surface area contributed by atoms with Crippen molar-refractivity contribution in [3.63, 3.8) is 0 Å². The third-order valence-electron chi connectivity index (χ3n) is 3.19. The van der Waals surface area contributed by atoms with Gasteiger partial charge in [-0.25, -0.2) is 15.0 Å². The number of nitrogen functional groups attached to an aromatic ring is 1. The highest BCUT2D eigenvalue weighted by Crippen LogP contribution is 2.40. The van der Waals surface area contributed by atoms with Crippen molar-refractivity contribution in [1.82, 2.24) is 19.5 Å². The minimum absolute atomic E-state index is 0.172. The van der Waals surface area contributed by atoms with Crippen molar-refractivity contribution in [1.29, 1.82) is 0 Å². The number of nitrogens with two attached hydrogens (primary N) is 1. The lowest BCUT2D eigenvalue weighted by atomic mass is 10.1. The van der Waals surface area contributed by atoms with Crippen LogP contribution in [-0.2, 0) is 4.74 Å². The molecule has 0 saturated carbocycles.